The fourth-order valence-electron chi connectivity index (χ4n) is 6.12. The number of alkyl carbamates (subject to hydrolysis) is 1. The van der Waals surface area contributed by atoms with E-state index in [1.807, 2.05) is 0 Å². The molecule has 4 aromatic rings. The minimum Gasteiger partial charge on any atom is -0.497 e. The zero-order valence-electron chi connectivity index (χ0n) is 31.0. The molecule has 2 atom stereocenters. The number of halogens is 1. The monoisotopic (exact) mass is 735 g/mol. The van der Waals surface area contributed by atoms with Crippen LogP contribution in [0.5, 0.6) is 11.5 Å². The van der Waals surface area contributed by atoms with Crippen LogP contribution in [0.3, 0.4) is 0 Å². The zero-order chi connectivity index (χ0) is 38.4. The number of methoxy groups -OCH3 is 2. The highest BCUT2D eigenvalue weighted by atomic mass is 19.1. The fourth-order valence-corrected chi connectivity index (χ4v) is 6.12. The van der Waals surface area contributed by atoms with E-state index in [1.54, 1.807) is 87.0 Å². The molecule has 1 aromatic heterocycles. The molecule has 4 amide bonds. The molecule has 0 saturated carbocycles. The number of para-hydroxylation sites is 1. The Labute approximate surface area is 310 Å². The van der Waals surface area contributed by atoms with Crippen molar-refractivity contribution < 1.29 is 35.8 Å². The molecule has 5 rings (SSSR count). The highest BCUT2D eigenvalue weighted by Gasteiger charge is 2.34. The van der Waals surface area contributed by atoms with Crippen molar-refractivity contribution >= 4 is 40.3 Å². The molecule has 286 valence electrons. The summed E-state index contributed by atoms with van der Waals surface area (Å²) >= 11 is 0. The van der Waals surface area contributed by atoms with E-state index in [9.17, 15) is 23.6 Å². The number of anilines is 2. The Bertz CT molecular complexity index is 2020. The number of ether oxygens (including phenoxy) is 3. The van der Waals surface area contributed by atoms with Crippen molar-refractivity contribution in [2.45, 2.75) is 58.7 Å². The summed E-state index contributed by atoms with van der Waals surface area (Å²) in [5.74, 6) is 0.347. The molecular formula is C38H50FN7O7. The van der Waals surface area contributed by atoms with Crippen molar-refractivity contribution in [1.29, 1.82) is 0 Å². The van der Waals surface area contributed by atoms with Crippen LogP contribution >= 0.6 is 0 Å². The number of carbonyl (C=O) groups is 3. The van der Waals surface area contributed by atoms with Gasteiger partial charge in [-0.3, -0.25) is 14.5 Å². The number of nitrogens with zero attached hydrogens (tertiary/aromatic N) is 5. The van der Waals surface area contributed by atoms with E-state index in [0.717, 1.165) is 0 Å². The molecule has 0 aliphatic carbocycles. The van der Waals surface area contributed by atoms with E-state index < -0.39 is 35.6 Å². The Morgan fingerprint density at radius 3 is 2.28 bits per heavy atom. The van der Waals surface area contributed by atoms with Crippen LogP contribution in [-0.2, 0) is 9.53 Å². The van der Waals surface area contributed by atoms with Gasteiger partial charge in [-0.25, -0.2) is 23.6 Å². The van der Waals surface area contributed by atoms with Gasteiger partial charge in [0.2, 0.25) is 5.91 Å². The van der Waals surface area contributed by atoms with Crippen LogP contribution in [0.25, 0.3) is 10.9 Å². The normalized spacial score (nSPS) is 14.3. The minimum absolute atomic E-state index is 0. The quantitative estimate of drug-likeness (QED) is 0.202. The number of hydrogen-bond donors (Lipinski definition) is 2. The van der Waals surface area contributed by atoms with Gasteiger partial charge in [0.15, 0.2) is 5.82 Å². The van der Waals surface area contributed by atoms with Gasteiger partial charge >= 0.3 is 12.1 Å². The maximum atomic E-state index is 14.4. The van der Waals surface area contributed by atoms with Gasteiger partial charge in [-0.2, -0.15) is 0 Å². The third-order valence-electron chi connectivity index (χ3n) is 8.75. The second-order valence-corrected chi connectivity index (χ2v) is 13.5. The van der Waals surface area contributed by atoms with E-state index in [0.29, 0.717) is 40.2 Å². The van der Waals surface area contributed by atoms with E-state index in [-0.39, 0.29) is 46.3 Å². The van der Waals surface area contributed by atoms with Gasteiger partial charge in [0.05, 0.1) is 49.9 Å². The number of urea groups is 1. The fraction of sp³-hybridized carbons (Fsp3) is 0.395. The van der Waals surface area contributed by atoms with Crippen LogP contribution in [0, 0.1) is 5.82 Å². The van der Waals surface area contributed by atoms with Gasteiger partial charge in [0, 0.05) is 27.7 Å². The smallest absolute Gasteiger partial charge is 0.408 e. The summed E-state index contributed by atoms with van der Waals surface area (Å²) < 4.78 is 31.7. The van der Waals surface area contributed by atoms with Crippen molar-refractivity contribution in [3.63, 3.8) is 0 Å². The molecule has 2 heterocycles. The summed E-state index contributed by atoms with van der Waals surface area (Å²) in [4.78, 5) is 62.7. The largest absolute Gasteiger partial charge is 0.497 e. The summed E-state index contributed by atoms with van der Waals surface area (Å²) in [6.07, 6.45) is -0.316. The van der Waals surface area contributed by atoms with Crippen molar-refractivity contribution in [1.82, 2.24) is 19.9 Å². The van der Waals surface area contributed by atoms with E-state index in [4.69, 9.17) is 19.2 Å². The molecule has 14 nitrogen and oxygen atoms in total. The molecule has 1 aliphatic heterocycles. The molecule has 53 heavy (non-hydrogen) atoms. The van der Waals surface area contributed by atoms with Gasteiger partial charge in [0.25, 0.3) is 5.56 Å². The maximum Gasteiger partial charge on any atom is 0.408 e. The summed E-state index contributed by atoms with van der Waals surface area (Å²) in [5, 5.41) is 7.69. The standard InChI is InChI=1S/C38H46FN7O7.2H2/c1-8-29(42-37(50)53-38(3,4)5)35(48)43-19-21-44(22-20-43)46-33(41-30-12-10-9-11-28(30)34(46)47)24(2)45(31-18-17-27(51-6)23-32(31)52-7)36(49)40-26-15-13-25(39)14-16-26;;/h9-18,23-24,29H,8,19-22H2,1-7H3,(H,40,49)(H,42,50);2*1H/t24?,29-;;/m0../s1. The third kappa shape index (κ3) is 8.79. The second kappa shape index (κ2) is 16.2. The molecule has 1 aliphatic rings. The molecule has 0 radical (unpaired) electrons. The predicted octanol–water partition coefficient (Wildman–Crippen LogP) is 5.93. The van der Waals surface area contributed by atoms with Crippen LogP contribution in [0.4, 0.5) is 25.4 Å². The molecule has 3 aromatic carbocycles. The lowest BCUT2D eigenvalue weighted by molar-refractivity contribution is -0.134. The van der Waals surface area contributed by atoms with E-state index in [2.05, 4.69) is 10.6 Å². The first kappa shape index (κ1) is 38.4. The number of amides is 4. The lowest BCUT2D eigenvalue weighted by Gasteiger charge is -2.40. The molecule has 1 unspecified atom stereocenters. The number of carbonyl (C=O) groups excluding carboxylic acids is 3. The highest BCUT2D eigenvalue weighted by molar-refractivity contribution is 6.03. The molecule has 15 heteroatoms. The summed E-state index contributed by atoms with van der Waals surface area (Å²) in [7, 11) is 2.98. The Balaban J connectivity index is 0.00000406. The number of nitrogens with one attached hydrogen (secondary N) is 2. The number of fused-ring (bicyclic) bond motifs is 1. The Hall–Kier alpha value is -5.86. The Kier molecular flexibility index (Phi) is 11.7. The number of aromatic nitrogens is 2. The molecular weight excluding hydrogens is 685 g/mol. The van der Waals surface area contributed by atoms with Crippen molar-refractivity contribution in [2.75, 3.05) is 55.6 Å². The lowest BCUT2D eigenvalue weighted by atomic mass is 10.1. The number of benzene rings is 3. The van der Waals surface area contributed by atoms with E-state index >= 15 is 0 Å². The van der Waals surface area contributed by atoms with Gasteiger partial charge in [-0.15, -0.1) is 0 Å². The second-order valence-electron chi connectivity index (χ2n) is 13.5. The predicted molar refractivity (Wildman–Crippen MR) is 204 cm³/mol. The number of rotatable bonds is 10. The Morgan fingerprint density at radius 2 is 1.66 bits per heavy atom. The maximum absolute atomic E-state index is 14.4. The van der Waals surface area contributed by atoms with Crippen LogP contribution in [0.1, 0.15) is 55.8 Å². The van der Waals surface area contributed by atoms with Gasteiger partial charge < -0.3 is 34.8 Å². The third-order valence-corrected chi connectivity index (χ3v) is 8.75. The average molecular weight is 736 g/mol. The van der Waals surface area contributed by atoms with Crippen molar-refractivity contribution in [3.05, 3.63) is 88.7 Å². The van der Waals surface area contributed by atoms with Crippen LogP contribution in [-0.4, -0.2) is 84.6 Å². The first-order valence-corrected chi connectivity index (χ1v) is 17.4. The van der Waals surface area contributed by atoms with Gasteiger partial charge in [0.1, 0.15) is 29.0 Å². The molecule has 1 fully saturated rings. The lowest BCUT2D eigenvalue weighted by Crippen LogP contribution is -2.59. The molecule has 1 saturated heterocycles. The van der Waals surface area contributed by atoms with E-state index in [1.165, 1.54) is 48.1 Å². The van der Waals surface area contributed by atoms with Crippen LogP contribution in [0.2, 0.25) is 0 Å². The van der Waals surface area contributed by atoms with Crippen molar-refractivity contribution in [2.24, 2.45) is 0 Å². The topological polar surface area (TPSA) is 148 Å². The molecule has 2 N–H and O–H groups in total. The minimum atomic E-state index is -0.891. The van der Waals surface area contributed by atoms with Gasteiger partial charge in [-0.05, 0) is 82.6 Å². The first-order chi connectivity index (χ1) is 25.2. The van der Waals surface area contributed by atoms with Crippen molar-refractivity contribution in [3.8, 4) is 11.5 Å². The summed E-state index contributed by atoms with van der Waals surface area (Å²) in [5.41, 5.74) is 0.0629. The SMILES string of the molecule is CC[C@H](NC(=O)OC(C)(C)C)C(=O)N1CCN(n2c(C(C)N(C(=O)Nc3ccc(F)cc3)c3ccc(OC)cc3OC)nc3ccccc3c2=O)CC1.[HH].[HH]. The van der Waals surface area contributed by atoms with Crippen LogP contribution < -0.4 is 35.6 Å². The van der Waals surface area contributed by atoms with Gasteiger partial charge in [-0.1, -0.05) is 19.1 Å². The molecule has 0 bridgehead atoms. The summed E-state index contributed by atoms with van der Waals surface area (Å²) in [6.45, 7) is 9.80. The number of hydrogen-bond acceptors (Lipinski definition) is 9. The molecule has 0 spiro atoms. The summed E-state index contributed by atoms with van der Waals surface area (Å²) in [6, 6.07) is 15.0. The highest BCUT2D eigenvalue weighted by Crippen LogP contribution is 2.37. The number of piperazine rings is 1. The first-order valence-electron chi connectivity index (χ1n) is 17.4. The average Bonchev–Trinajstić information content (AvgIpc) is 3.14. The van der Waals surface area contributed by atoms with Crippen LogP contribution in [0.15, 0.2) is 71.5 Å². The zero-order valence-corrected chi connectivity index (χ0v) is 31.0. The Morgan fingerprint density at radius 1 is 0.981 bits per heavy atom.